The Bertz CT molecular complexity index is 363. The predicted molar refractivity (Wildman–Crippen MR) is 58.6 cm³/mol. The molecule has 14 heavy (non-hydrogen) atoms. The van der Waals surface area contributed by atoms with E-state index in [0.29, 0.717) is 0 Å². The van der Waals surface area contributed by atoms with Crippen LogP contribution in [0.4, 0.5) is 10.5 Å². The first-order valence-corrected chi connectivity index (χ1v) is 4.40. The number of urea groups is 1. The van der Waals surface area contributed by atoms with E-state index >= 15 is 0 Å². The summed E-state index contributed by atoms with van der Waals surface area (Å²) in [6.45, 7) is 5.98. The molecule has 0 unspecified atom stereocenters. The van der Waals surface area contributed by atoms with Gasteiger partial charge < -0.3 is 10.5 Å². The van der Waals surface area contributed by atoms with E-state index in [9.17, 15) is 4.79 Å². The molecule has 1 aromatic carbocycles. The topological polar surface area (TPSA) is 41.1 Å². The van der Waals surface area contributed by atoms with E-state index < -0.39 is 6.03 Å². The van der Waals surface area contributed by atoms with Crippen LogP contribution in [0.2, 0.25) is 0 Å². The Balaban J connectivity index is 2.98. The Labute approximate surface area is 85.3 Å². The lowest BCUT2D eigenvalue weighted by Gasteiger charge is -2.10. The highest BCUT2D eigenvalue weighted by molar-refractivity contribution is 6.16. The molecule has 3 nitrogen and oxygen atoms in total. The number of anilines is 1. The van der Waals surface area contributed by atoms with Crippen molar-refractivity contribution in [2.45, 2.75) is 20.8 Å². The molecule has 0 fully saturated rings. The van der Waals surface area contributed by atoms with Crippen LogP contribution in [0.5, 0.6) is 0 Å². The summed E-state index contributed by atoms with van der Waals surface area (Å²) in [7, 11) is 4.98. The summed E-state index contributed by atoms with van der Waals surface area (Å²) in [5, 5.41) is 4.68. The number of aryl methyl sites for hydroxylation is 3. The van der Waals surface area contributed by atoms with Gasteiger partial charge in [0.15, 0.2) is 0 Å². The summed E-state index contributed by atoms with van der Waals surface area (Å²) in [5.41, 5.74) is 4.16. The van der Waals surface area contributed by atoms with Gasteiger partial charge in [0.25, 0.3) is 0 Å². The zero-order valence-electron chi connectivity index (χ0n) is 8.64. The first kappa shape index (κ1) is 10.6. The summed E-state index contributed by atoms with van der Waals surface area (Å²) in [6.07, 6.45) is 0. The highest BCUT2D eigenvalue weighted by Crippen LogP contribution is 2.19. The molecular formula is C10H13BN2O. The van der Waals surface area contributed by atoms with Crippen molar-refractivity contribution in [2.75, 3.05) is 5.32 Å². The van der Waals surface area contributed by atoms with Crippen LogP contribution in [0.25, 0.3) is 0 Å². The number of carbonyl (C=O) groups is 1. The Kier molecular flexibility index (Phi) is 3.17. The highest BCUT2D eigenvalue weighted by atomic mass is 16.2. The van der Waals surface area contributed by atoms with Crippen molar-refractivity contribution in [2.24, 2.45) is 0 Å². The standard InChI is InChI=1S/C10H13BN2O/c1-6-4-8(3)9(5-7(6)2)12-10(14)13-11/h4-5H,1-3H3,(H2,12,13,14). The second-order valence-electron chi connectivity index (χ2n) is 3.35. The Morgan fingerprint density at radius 3 is 2.29 bits per heavy atom. The molecule has 4 heteroatoms. The van der Waals surface area contributed by atoms with Crippen LogP contribution < -0.4 is 10.5 Å². The summed E-state index contributed by atoms with van der Waals surface area (Å²) in [6, 6.07) is 3.55. The minimum Gasteiger partial charge on any atom is -0.391 e. The van der Waals surface area contributed by atoms with E-state index in [2.05, 4.69) is 5.32 Å². The van der Waals surface area contributed by atoms with E-state index in [0.717, 1.165) is 16.8 Å². The minimum absolute atomic E-state index is 0.406. The van der Waals surface area contributed by atoms with Crippen LogP contribution in [0, 0.1) is 20.8 Å². The van der Waals surface area contributed by atoms with Gasteiger partial charge in [-0.3, -0.25) is 0 Å². The summed E-state index contributed by atoms with van der Waals surface area (Å²) in [4.78, 5) is 11.0. The Morgan fingerprint density at radius 2 is 1.71 bits per heavy atom. The predicted octanol–water partition coefficient (Wildman–Crippen LogP) is 1.82. The lowest BCUT2D eigenvalue weighted by atomic mass is 10.1. The second kappa shape index (κ2) is 4.18. The lowest BCUT2D eigenvalue weighted by Crippen LogP contribution is -2.26. The molecule has 2 amide bonds. The molecule has 0 aliphatic carbocycles. The molecule has 0 atom stereocenters. The summed E-state index contributed by atoms with van der Waals surface area (Å²) >= 11 is 0. The smallest absolute Gasteiger partial charge is 0.306 e. The average Bonchev–Trinajstić information content (AvgIpc) is 2.14. The molecule has 72 valence electrons. The molecule has 0 aliphatic heterocycles. The summed E-state index contributed by atoms with van der Waals surface area (Å²) in [5.74, 6) is 0. The van der Waals surface area contributed by atoms with Crippen molar-refractivity contribution < 1.29 is 4.79 Å². The largest absolute Gasteiger partial charge is 0.391 e. The normalized spacial score (nSPS) is 9.64. The van der Waals surface area contributed by atoms with E-state index in [1.807, 2.05) is 38.1 Å². The third kappa shape index (κ3) is 2.28. The maximum atomic E-state index is 11.0. The molecule has 0 saturated carbocycles. The molecule has 2 radical (unpaired) electrons. The van der Waals surface area contributed by atoms with Gasteiger partial charge in [-0.2, -0.15) is 0 Å². The molecule has 0 spiro atoms. The van der Waals surface area contributed by atoms with E-state index in [-0.39, 0.29) is 0 Å². The Morgan fingerprint density at radius 1 is 1.14 bits per heavy atom. The van der Waals surface area contributed by atoms with Crippen molar-refractivity contribution >= 4 is 19.7 Å². The van der Waals surface area contributed by atoms with E-state index in [4.69, 9.17) is 7.98 Å². The van der Waals surface area contributed by atoms with Gasteiger partial charge in [0.1, 0.15) is 0 Å². The zero-order chi connectivity index (χ0) is 10.7. The quantitative estimate of drug-likeness (QED) is 0.648. The van der Waals surface area contributed by atoms with Gasteiger partial charge in [-0.1, -0.05) is 6.07 Å². The fourth-order valence-corrected chi connectivity index (χ4v) is 1.25. The van der Waals surface area contributed by atoms with Crippen LogP contribution in [0.1, 0.15) is 16.7 Å². The number of nitrogens with one attached hydrogen (secondary N) is 2. The fourth-order valence-electron chi connectivity index (χ4n) is 1.25. The van der Waals surface area contributed by atoms with Crippen molar-refractivity contribution in [1.29, 1.82) is 0 Å². The number of rotatable bonds is 1. The third-order valence-corrected chi connectivity index (χ3v) is 2.22. The maximum Gasteiger partial charge on any atom is 0.306 e. The van der Waals surface area contributed by atoms with Gasteiger partial charge in [0.2, 0.25) is 7.98 Å². The number of hydrogen-bond acceptors (Lipinski definition) is 1. The maximum absolute atomic E-state index is 11.0. The molecule has 0 bridgehead atoms. The van der Waals surface area contributed by atoms with Gasteiger partial charge in [-0.25, -0.2) is 4.79 Å². The van der Waals surface area contributed by atoms with Gasteiger partial charge in [-0.15, -0.1) is 0 Å². The van der Waals surface area contributed by atoms with Crippen molar-refractivity contribution in [3.8, 4) is 0 Å². The van der Waals surface area contributed by atoms with Crippen molar-refractivity contribution in [1.82, 2.24) is 5.23 Å². The van der Waals surface area contributed by atoms with E-state index in [1.165, 1.54) is 5.56 Å². The van der Waals surface area contributed by atoms with Crippen LogP contribution in [-0.2, 0) is 0 Å². The number of hydrogen-bond donors (Lipinski definition) is 2. The molecule has 1 aromatic rings. The molecule has 2 N–H and O–H groups in total. The van der Waals surface area contributed by atoms with Crippen molar-refractivity contribution in [3.63, 3.8) is 0 Å². The first-order chi connectivity index (χ1) is 6.54. The monoisotopic (exact) mass is 188 g/mol. The highest BCUT2D eigenvalue weighted by Gasteiger charge is 2.03. The molecule has 0 aliphatic rings. The van der Waals surface area contributed by atoms with Gasteiger partial charge in [-0.05, 0) is 43.5 Å². The van der Waals surface area contributed by atoms with Crippen LogP contribution in [0.3, 0.4) is 0 Å². The number of carbonyl (C=O) groups excluding carboxylic acids is 1. The van der Waals surface area contributed by atoms with Crippen LogP contribution in [-0.4, -0.2) is 14.0 Å². The second-order valence-corrected chi connectivity index (χ2v) is 3.35. The van der Waals surface area contributed by atoms with Gasteiger partial charge >= 0.3 is 6.03 Å². The molecule has 0 saturated heterocycles. The average molecular weight is 188 g/mol. The number of amides is 2. The van der Waals surface area contributed by atoms with Crippen LogP contribution >= 0.6 is 0 Å². The third-order valence-electron chi connectivity index (χ3n) is 2.22. The Hall–Kier alpha value is -1.45. The first-order valence-electron chi connectivity index (χ1n) is 4.40. The summed E-state index contributed by atoms with van der Waals surface area (Å²) < 4.78 is 0. The van der Waals surface area contributed by atoms with Crippen molar-refractivity contribution in [3.05, 3.63) is 28.8 Å². The molecule has 1 rings (SSSR count). The molecule has 0 heterocycles. The fraction of sp³-hybridized carbons (Fsp3) is 0.300. The van der Waals surface area contributed by atoms with Crippen LogP contribution in [0.15, 0.2) is 12.1 Å². The SMILES string of the molecule is [B]NC(=O)Nc1cc(C)c(C)cc1C. The van der Waals surface area contributed by atoms with Gasteiger partial charge in [0.05, 0.1) is 0 Å². The minimum atomic E-state index is -0.406. The van der Waals surface area contributed by atoms with Gasteiger partial charge in [0, 0.05) is 5.69 Å². The zero-order valence-corrected chi connectivity index (χ0v) is 8.64. The van der Waals surface area contributed by atoms with E-state index in [1.54, 1.807) is 0 Å². The lowest BCUT2D eigenvalue weighted by molar-refractivity contribution is 0.256. The number of benzene rings is 1. The molecule has 0 aromatic heterocycles. The molecular weight excluding hydrogens is 175 g/mol.